The summed E-state index contributed by atoms with van der Waals surface area (Å²) in [5.41, 5.74) is -2.07. The monoisotopic (exact) mass is 543 g/mol. The Balaban J connectivity index is 1.42. The van der Waals surface area contributed by atoms with Crippen LogP contribution in [0.5, 0.6) is 0 Å². The minimum atomic E-state index is -4.56. The number of amides is 1. The van der Waals surface area contributed by atoms with Crippen molar-refractivity contribution in [2.45, 2.75) is 70.6 Å². The van der Waals surface area contributed by atoms with Crippen LogP contribution >= 0.6 is 11.6 Å². The normalized spacial score (nSPS) is 26.6. The van der Waals surface area contributed by atoms with Gasteiger partial charge in [-0.25, -0.2) is 0 Å². The average Bonchev–Trinajstić information content (AvgIpc) is 3.43. The molecule has 1 saturated carbocycles. The largest absolute Gasteiger partial charge is 0.481 e. The van der Waals surface area contributed by atoms with Crippen molar-refractivity contribution in [1.29, 1.82) is 0 Å². The van der Waals surface area contributed by atoms with Gasteiger partial charge in [0.05, 0.1) is 17.4 Å². The zero-order valence-corrected chi connectivity index (χ0v) is 22.1. The summed E-state index contributed by atoms with van der Waals surface area (Å²) in [5.74, 6) is -0.979. The summed E-state index contributed by atoms with van der Waals surface area (Å²) >= 11 is 6.16. The van der Waals surface area contributed by atoms with E-state index in [9.17, 15) is 27.9 Å². The van der Waals surface area contributed by atoms with Gasteiger partial charge in [-0.05, 0) is 55.2 Å². The molecule has 2 N–H and O–H groups in total. The summed E-state index contributed by atoms with van der Waals surface area (Å²) in [7, 11) is 0. The molecule has 0 bridgehead atoms. The number of benzene rings is 1. The van der Waals surface area contributed by atoms with E-state index in [1.165, 1.54) is 37.8 Å². The first-order valence-electron chi connectivity index (χ1n) is 13.3. The predicted molar refractivity (Wildman–Crippen MR) is 135 cm³/mol. The van der Waals surface area contributed by atoms with Gasteiger partial charge in [0, 0.05) is 50.3 Å². The molecule has 3 aliphatic rings. The molecule has 2 heterocycles. The Morgan fingerprint density at radius 2 is 1.81 bits per heavy atom. The van der Waals surface area contributed by atoms with Crippen LogP contribution in [0.1, 0.15) is 63.0 Å². The number of carboxylic acids is 1. The Morgan fingerprint density at radius 1 is 1.14 bits per heavy atom. The molecule has 2 atom stereocenters. The molecule has 0 aromatic heterocycles. The van der Waals surface area contributed by atoms with Crippen LogP contribution in [0.2, 0.25) is 5.02 Å². The van der Waals surface area contributed by atoms with Crippen molar-refractivity contribution in [2.24, 2.45) is 17.3 Å². The van der Waals surface area contributed by atoms with Crippen molar-refractivity contribution in [1.82, 2.24) is 15.1 Å². The number of likely N-dealkylation sites (tertiary alicyclic amines) is 2. The number of piperidine rings is 1. The Morgan fingerprint density at radius 3 is 2.43 bits per heavy atom. The molecular weight excluding hydrogens is 507 g/mol. The molecule has 0 radical (unpaired) electrons. The van der Waals surface area contributed by atoms with E-state index in [0.717, 1.165) is 44.5 Å². The molecule has 0 unspecified atom stereocenters. The Hall–Kier alpha value is -1.84. The number of carbonyl (C=O) groups is 2. The van der Waals surface area contributed by atoms with Gasteiger partial charge in [0.15, 0.2) is 0 Å². The number of nitrogens with one attached hydrogen (secondary N) is 1. The first-order chi connectivity index (χ1) is 17.5. The maximum Gasteiger partial charge on any atom is 0.416 e. The molecule has 2 aliphatic heterocycles. The Bertz CT molecular complexity index is 977. The number of hydrogen-bond donors (Lipinski definition) is 2. The summed E-state index contributed by atoms with van der Waals surface area (Å²) in [4.78, 5) is 29.6. The minimum Gasteiger partial charge on any atom is -0.481 e. The van der Waals surface area contributed by atoms with Gasteiger partial charge in [-0.2, -0.15) is 13.2 Å². The van der Waals surface area contributed by atoms with E-state index >= 15 is 0 Å². The van der Waals surface area contributed by atoms with Crippen LogP contribution in [0.4, 0.5) is 13.2 Å². The summed E-state index contributed by atoms with van der Waals surface area (Å²) in [6.07, 6.45) is 1.91. The van der Waals surface area contributed by atoms with Crippen LogP contribution in [0, 0.1) is 17.3 Å². The summed E-state index contributed by atoms with van der Waals surface area (Å²) in [6.45, 7) is 5.00. The van der Waals surface area contributed by atoms with E-state index in [2.05, 4.69) is 10.2 Å². The van der Waals surface area contributed by atoms with E-state index < -0.39 is 23.1 Å². The highest BCUT2D eigenvalue weighted by Crippen LogP contribution is 2.42. The maximum atomic E-state index is 13.6. The molecule has 1 amide bonds. The fraction of sp³-hybridized carbons (Fsp3) is 0.704. The zero-order valence-electron chi connectivity index (χ0n) is 21.3. The molecule has 1 aliphatic carbocycles. The van der Waals surface area contributed by atoms with Crippen LogP contribution in [-0.4, -0.2) is 65.5 Å². The van der Waals surface area contributed by atoms with Gasteiger partial charge in [-0.1, -0.05) is 37.4 Å². The van der Waals surface area contributed by atoms with Crippen molar-refractivity contribution in [3.8, 4) is 0 Å². The van der Waals surface area contributed by atoms with Crippen molar-refractivity contribution in [3.05, 3.63) is 34.3 Å². The van der Waals surface area contributed by atoms with Crippen molar-refractivity contribution in [3.63, 3.8) is 0 Å². The summed E-state index contributed by atoms with van der Waals surface area (Å²) in [6, 6.07) is 3.65. The van der Waals surface area contributed by atoms with Gasteiger partial charge in [0.25, 0.3) is 0 Å². The quantitative estimate of drug-likeness (QED) is 0.480. The van der Waals surface area contributed by atoms with E-state index in [1.54, 1.807) is 4.90 Å². The predicted octanol–water partition coefficient (Wildman–Crippen LogP) is 5.04. The smallest absolute Gasteiger partial charge is 0.416 e. The second kappa shape index (κ2) is 11.5. The first-order valence-corrected chi connectivity index (χ1v) is 13.7. The van der Waals surface area contributed by atoms with E-state index in [-0.39, 0.29) is 48.0 Å². The third kappa shape index (κ3) is 6.60. The first kappa shape index (κ1) is 28.2. The van der Waals surface area contributed by atoms with Crippen molar-refractivity contribution < 1.29 is 27.9 Å². The standard InChI is InChI=1S/C27H37ClF3N3O3/c1-18-14-34(16-21-22(27(29,30)31)7-4-8-23(21)28)17-26(18,13-24(35)36)25(37)32-20-9-11-33(12-10-20)15-19-5-2-3-6-19/h4,7-8,18-20H,2-3,5-6,9-17H2,1H3,(H,32,37)(H,35,36)/t18-,26+/m0/s1. The van der Waals surface area contributed by atoms with Gasteiger partial charge in [-0.3, -0.25) is 14.5 Å². The highest BCUT2D eigenvalue weighted by atomic mass is 35.5. The molecule has 1 aromatic rings. The Kier molecular flexibility index (Phi) is 8.75. The van der Waals surface area contributed by atoms with Crippen molar-refractivity contribution in [2.75, 3.05) is 32.7 Å². The van der Waals surface area contributed by atoms with E-state index in [1.807, 2.05) is 6.92 Å². The molecule has 4 rings (SSSR count). The highest BCUT2D eigenvalue weighted by Gasteiger charge is 2.52. The molecule has 0 spiro atoms. The number of hydrogen-bond acceptors (Lipinski definition) is 4. The summed E-state index contributed by atoms with van der Waals surface area (Å²) < 4.78 is 40.8. The maximum absolute atomic E-state index is 13.6. The van der Waals surface area contributed by atoms with Gasteiger partial charge < -0.3 is 15.3 Å². The number of carboxylic acid groups (broad SMARTS) is 1. The number of alkyl halides is 3. The van der Waals surface area contributed by atoms with Crippen LogP contribution in [-0.2, 0) is 22.3 Å². The second-order valence-corrected chi connectivity index (χ2v) is 11.7. The van der Waals surface area contributed by atoms with Crippen LogP contribution in [0.3, 0.4) is 0 Å². The average molecular weight is 544 g/mol. The lowest BCUT2D eigenvalue weighted by atomic mass is 9.75. The third-order valence-electron chi connectivity index (χ3n) is 8.62. The number of aliphatic carboxylic acids is 1. The van der Waals surface area contributed by atoms with E-state index in [0.29, 0.717) is 6.54 Å². The van der Waals surface area contributed by atoms with Gasteiger partial charge >= 0.3 is 12.1 Å². The molecule has 2 saturated heterocycles. The third-order valence-corrected chi connectivity index (χ3v) is 8.97. The van der Waals surface area contributed by atoms with Crippen LogP contribution < -0.4 is 5.32 Å². The molecule has 206 valence electrons. The van der Waals surface area contributed by atoms with Crippen molar-refractivity contribution >= 4 is 23.5 Å². The number of halogens is 4. The second-order valence-electron chi connectivity index (χ2n) is 11.3. The SMILES string of the molecule is C[C@H]1CN(Cc2c(Cl)cccc2C(F)(F)F)C[C@@]1(CC(=O)O)C(=O)NC1CCN(CC2CCCC2)CC1. The fourth-order valence-electron chi connectivity index (χ4n) is 6.53. The molecular formula is C27H37ClF3N3O3. The topological polar surface area (TPSA) is 72.9 Å². The number of carbonyl (C=O) groups excluding carboxylic acids is 1. The molecule has 1 aromatic carbocycles. The zero-order chi connectivity index (χ0) is 26.8. The minimum absolute atomic E-state index is 0.00651. The van der Waals surface area contributed by atoms with Gasteiger partial charge in [0.2, 0.25) is 5.91 Å². The lowest BCUT2D eigenvalue weighted by Crippen LogP contribution is -2.53. The van der Waals surface area contributed by atoms with Crippen LogP contribution in [0.15, 0.2) is 18.2 Å². The lowest BCUT2D eigenvalue weighted by Gasteiger charge is -2.37. The molecule has 3 fully saturated rings. The highest BCUT2D eigenvalue weighted by molar-refractivity contribution is 6.31. The summed E-state index contributed by atoms with van der Waals surface area (Å²) in [5, 5.41) is 12.8. The van der Waals surface area contributed by atoms with Gasteiger partial charge in [-0.15, -0.1) is 0 Å². The molecule has 37 heavy (non-hydrogen) atoms. The van der Waals surface area contributed by atoms with E-state index in [4.69, 9.17) is 11.6 Å². The number of nitrogens with zero attached hydrogens (tertiary/aromatic N) is 2. The molecule has 10 heteroatoms. The van der Waals surface area contributed by atoms with Gasteiger partial charge in [0.1, 0.15) is 0 Å². The fourth-order valence-corrected chi connectivity index (χ4v) is 6.77. The Labute approximate surface area is 221 Å². The lowest BCUT2D eigenvalue weighted by molar-refractivity contribution is -0.147. The van der Waals surface area contributed by atoms with Crippen LogP contribution in [0.25, 0.3) is 0 Å². The molecule has 6 nitrogen and oxygen atoms in total. The number of rotatable bonds is 8.